The van der Waals surface area contributed by atoms with Crippen LogP contribution in [0, 0.1) is 0 Å². The Kier molecular flexibility index (Phi) is 6.82. The summed E-state index contributed by atoms with van der Waals surface area (Å²) in [5.41, 5.74) is 14.5. The standard InChI is InChI=1S/C48H32BN3S/c1-5-16-33(17-6-1)50(34-18-7-2-8-19-34)37-28-29-40-44(30-37)51(35-20-9-3-10-21-35)42-25-15-26-43-48(42)49(40)41-31-39-38-24-13-14-27-46(38)53-47(39)32-45(41)52(43)36-22-11-4-12-23-36/h1-32H. The van der Waals surface area contributed by atoms with Gasteiger partial charge in [0.1, 0.15) is 0 Å². The van der Waals surface area contributed by atoms with E-state index in [1.54, 1.807) is 0 Å². The Morgan fingerprint density at radius 1 is 0.377 bits per heavy atom. The van der Waals surface area contributed by atoms with E-state index in [0.717, 1.165) is 28.4 Å². The molecule has 0 atom stereocenters. The van der Waals surface area contributed by atoms with Crippen LogP contribution in [0.5, 0.6) is 0 Å². The minimum absolute atomic E-state index is 0.0325. The smallest absolute Gasteiger partial charge is 0.252 e. The molecule has 0 fully saturated rings. The molecule has 0 saturated heterocycles. The zero-order chi connectivity index (χ0) is 34.9. The second-order valence-electron chi connectivity index (χ2n) is 13.7. The van der Waals surface area contributed by atoms with Crippen molar-refractivity contribution in [2.45, 2.75) is 0 Å². The Balaban J connectivity index is 1.22. The topological polar surface area (TPSA) is 9.72 Å². The second kappa shape index (κ2) is 12.0. The molecule has 0 N–H and O–H groups in total. The van der Waals surface area contributed by atoms with Gasteiger partial charge >= 0.3 is 0 Å². The van der Waals surface area contributed by atoms with Gasteiger partial charge in [0, 0.05) is 66.0 Å². The molecule has 0 spiro atoms. The Morgan fingerprint density at radius 2 is 0.925 bits per heavy atom. The highest BCUT2D eigenvalue weighted by Crippen LogP contribution is 2.47. The van der Waals surface area contributed by atoms with E-state index in [1.165, 1.54) is 59.3 Å². The van der Waals surface area contributed by atoms with E-state index in [-0.39, 0.29) is 6.71 Å². The molecule has 8 aromatic carbocycles. The summed E-state index contributed by atoms with van der Waals surface area (Å²) in [4.78, 5) is 7.33. The van der Waals surface area contributed by atoms with Crippen molar-refractivity contribution in [2.75, 3.05) is 14.7 Å². The lowest BCUT2D eigenvalue weighted by Gasteiger charge is -2.44. The van der Waals surface area contributed by atoms with Crippen molar-refractivity contribution in [3.05, 3.63) is 194 Å². The van der Waals surface area contributed by atoms with Crippen LogP contribution in [0.25, 0.3) is 20.2 Å². The van der Waals surface area contributed by atoms with Crippen molar-refractivity contribution in [1.29, 1.82) is 0 Å². The first-order valence-corrected chi connectivity index (χ1v) is 19.0. The summed E-state index contributed by atoms with van der Waals surface area (Å²) in [6, 6.07) is 70.8. The quantitative estimate of drug-likeness (QED) is 0.166. The summed E-state index contributed by atoms with van der Waals surface area (Å²) < 4.78 is 2.63. The highest BCUT2D eigenvalue weighted by Gasteiger charge is 2.43. The van der Waals surface area contributed by atoms with Crippen LogP contribution in [0.1, 0.15) is 0 Å². The molecule has 0 saturated carbocycles. The number of para-hydroxylation sites is 4. The van der Waals surface area contributed by atoms with Crippen molar-refractivity contribution in [3.63, 3.8) is 0 Å². The predicted molar refractivity (Wildman–Crippen MR) is 228 cm³/mol. The Hall–Kier alpha value is -6.56. The van der Waals surface area contributed by atoms with Crippen LogP contribution in [0.15, 0.2) is 194 Å². The van der Waals surface area contributed by atoms with Gasteiger partial charge in [-0.05, 0) is 107 Å². The molecule has 5 heteroatoms. The van der Waals surface area contributed by atoms with E-state index in [1.807, 2.05) is 11.3 Å². The van der Waals surface area contributed by atoms with E-state index in [4.69, 9.17) is 0 Å². The average molecular weight is 694 g/mol. The van der Waals surface area contributed by atoms with Crippen LogP contribution in [-0.4, -0.2) is 6.71 Å². The molecule has 248 valence electrons. The van der Waals surface area contributed by atoms with Gasteiger partial charge in [-0.3, -0.25) is 0 Å². The summed E-state index contributed by atoms with van der Waals surface area (Å²) >= 11 is 1.88. The minimum Gasteiger partial charge on any atom is -0.311 e. The summed E-state index contributed by atoms with van der Waals surface area (Å²) in [5.74, 6) is 0. The van der Waals surface area contributed by atoms with Crippen LogP contribution in [0.2, 0.25) is 0 Å². The summed E-state index contributed by atoms with van der Waals surface area (Å²) in [7, 11) is 0. The number of fused-ring (bicyclic) bond motifs is 7. The molecule has 0 radical (unpaired) electrons. The third-order valence-corrected chi connectivity index (χ3v) is 11.9. The normalized spacial score (nSPS) is 12.8. The highest BCUT2D eigenvalue weighted by molar-refractivity contribution is 7.26. The molecule has 3 nitrogen and oxygen atoms in total. The molecule has 0 amide bonds. The molecule has 0 bridgehead atoms. The Bertz CT molecular complexity index is 2760. The van der Waals surface area contributed by atoms with Gasteiger partial charge in [0.05, 0.1) is 0 Å². The third kappa shape index (κ3) is 4.68. The molecule has 1 aromatic heterocycles. The van der Waals surface area contributed by atoms with Gasteiger partial charge in [0.2, 0.25) is 0 Å². The van der Waals surface area contributed by atoms with Crippen molar-refractivity contribution in [1.82, 2.24) is 0 Å². The first-order chi connectivity index (χ1) is 26.3. The summed E-state index contributed by atoms with van der Waals surface area (Å²) in [6.07, 6.45) is 0. The first-order valence-electron chi connectivity index (χ1n) is 18.1. The third-order valence-electron chi connectivity index (χ3n) is 10.8. The number of hydrogen-bond acceptors (Lipinski definition) is 4. The van der Waals surface area contributed by atoms with Crippen LogP contribution in [0.4, 0.5) is 51.2 Å². The van der Waals surface area contributed by atoms with Crippen molar-refractivity contribution in [3.8, 4) is 0 Å². The highest BCUT2D eigenvalue weighted by atomic mass is 32.1. The van der Waals surface area contributed by atoms with E-state index in [2.05, 4.69) is 209 Å². The molecule has 0 unspecified atom stereocenters. The summed E-state index contributed by atoms with van der Waals surface area (Å²) in [6.45, 7) is 0.0325. The fraction of sp³-hybridized carbons (Fsp3) is 0. The number of benzene rings is 8. The molecule has 11 rings (SSSR count). The van der Waals surface area contributed by atoms with E-state index in [0.29, 0.717) is 0 Å². The van der Waals surface area contributed by atoms with Gasteiger partial charge in [0.15, 0.2) is 0 Å². The fourth-order valence-corrected chi connectivity index (χ4v) is 9.71. The molecular formula is C48H32BN3S. The lowest BCUT2D eigenvalue weighted by atomic mass is 9.33. The van der Waals surface area contributed by atoms with Crippen LogP contribution in [0.3, 0.4) is 0 Å². The second-order valence-corrected chi connectivity index (χ2v) is 14.8. The fourth-order valence-electron chi connectivity index (χ4n) is 8.59. The number of thiophene rings is 1. The van der Waals surface area contributed by atoms with E-state index in [9.17, 15) is 0 Å². The number of rotatable bonds is 5. The first kappa shape index (κ1) is 30.1. The molecule has 3 heterocycles. The Labute approximate surface area is 313 Å². The maximum absolute atomic E-state index is 2.50. The zero-order valence-electron chi connectivity index (χ0n) is 28.8. The van der Waals surface area contributed by atoms with Gasteiger partial charge in [0.25, 0.3) is 6.71 Å². The SMILES string of the molecule is c1ccc(N(c2ccccc2)c2ccc3c(c2)N(c2ccccc2)c2cccc4c2B3c2cc3c(cc2N4c2ccccc2)sc2ccccc23)cc1. The monoisotopic (exact) mass is 693 g/mol. The van der Waals surface area contributed by atoms with E-state index >= 15 is 0 Å². The van der Waals surface area contributed by atoms with Gasteiger partial charge < -0.3 is 14.7 Å². The van der Waals surface area contributed by atoms with Gasteiger partial charge in [-0.15, -0.1) is 11.3 Å². The van der Waals surface area contributed by atoms with Gasteiger partial charge in [-0.1, -0.05) is 109 Å². The Morgan fingerprint density at radius 3 is 1.55 bits per heavy atom. The van der Waals surface area contributed by atoms with Gasteiger partial charge in [-0.2, -0.15) is 0 Å². The molecular weight excluding hydrogens is 661 g/mol. The summed E-state index contributed by atoms with van der Waals surface area (Å²) in [5, 5.41) is 2.64. The van der Waals surface area contributed by atoms with Crippen LogP contribution >= 0.6 is 11.3 Å². The maximum atomic E-state index is 2.50. The molecule has 9 aromatic rings. The molecule has 2 aliphatic heterocycles. The predicted octanol–water partition coefficient (Wildman–Crippen LogP) is 11.6. The van der Waals surface area contributed by atoms with Gasteiger partial charge in [-0.25, -0.2) is 0 Å². The van der Waals surface area contributed by atoms with Crippen molar-refractivity contribution < 1.29 is 0 Å². The lowest BCUT2D eigenvalue weighted by Crippen LogP contribution is -2.61. The lowest BCUT2D eigenvalue weighted by molar-refractivity contribution is 1.24. The van der Waals surface area contributed by atoms with Crippen molar-refractivity contribution in [2.24, 2.45) is 0 Å². The van der Waals surface area contributed by atoms with Crippen LogP contribution < -0.4 is 31.1 Å². The molecule has 53 heavy (non-hydrogen) atoms. The number of hydrogen-bond donors (Lipinski definition) is 0. The maximum Gasteiger partial charge on any atom is 0.252 e. The molecule has 0 aliphatic carbocycles. The van der Waals surface area contributed by atoms with Crippen molar-refractivity contribution >= 4 is 106 Å². The molecule has 2 aliphatic rings. The minimum atomic E-state index is 0.0325. The van der Waals surface area contributed by atoms with E-state index < -0.39 is 0 Å². The largest absolute Gasteiger partial charge is 0.311 e. The number of anilines is 9. The average Bonchev–Trinajstić information content (AvgIpc) is 3.59. The van der Waals surface area contributed by atoms with Crippen LogP contribution in [-0.2, 0) is 0 Å². The zero-order valence-corrected chi connectivity index (χ0v) is 29.6. The number of nitrogens with zero attached hydrogens (tertiary/aromatic N) is 3.